The molecule has 0 saturated heterocycles. The summed E-state index contributed by atoms with van der Waals surface area (Å²) in [5.74, 6) is -0.814. The summed E-state index contributed by atoms with van der Waals surface area (Å²) in [7, 11) is 1.51. The molecule has 1 heterocycles. The highest BCUT2D eigenvalue weighted by Crippen LogP contribution is 2.18. The van der Waals surface area contributed by atoms with Crippen LogP contribution in [0.25, 0.3) is 0 Å². The zero-order valence-electron chi connectivity index (χ0n) is 10.5. The number of rotatable bonds is 3. The first-order chi connectivity index (χ1) is 9.13. The van der Waals surface area contributed by atoms with Crippen LogP contribution in [0.4, 0.5) is 10.1 Å². The smallest absolute Gasteiger partial charge is 0.276 e. The number of hydrogen-bond acceptors (Lipinski definition) is 3. The molecule has 2 N–H and O–H groups in total. The zero-order valence-corrected chi connectivity index (χ0v) is 10.5. The van der Waals surface area contributed by atoms with Gasteiger partial charge in [0.2, 0.25) is 0 Å². The van der Waals surface area contributed by atoms with E-state index in [1.54, 1.807) is 36.5 Å². The summed E-state index contributed by atoms with van der Waals surface area (Å²) in [5, 5.41) is 0. The highest BCUT2D eigenvalue weighted by Gasteiger charge is 2.17. The monoisotopic (exact) mass is 259 g/mol. The maximum absolute atomic E-state index is 13.6. The van der Waals surface area contributed by atoms with E-state index >= 15 is 0 Å². The summed E-state index contributed by atoms with van der Waals surface area (Å²) in [6.45, 7) is 0.366. The summed E-state index contributed by atoms with van der Waals surface area (Å²) in [5.41, 5.74) is 6.77. The van der Waals surface area contributed by atoms with Crippen molar-refractivity contribution in [3.63, 3.8) is 0 Å². The number of para-hydroxylation sites is 1. The highest BCUT2D eigenvalue weighted by molar-refractivity contribution is 6.04. The van der Waals surface area contributed by atoms with Crippen molar-refractivity contribution >= 4 is 11.6 Å². The van der Waals surface area contributed by atoms with Crippen LogP contribution in [0.15, 0.2) is 42.6 Å². The van der Waals surface area contributed by atoms with Gasteiger partial charge in [0.15, 0.2) is 0 Å². The van der Waals surface area contributed by atoms with E-state index in [9.17, 15) is 9.18 Å². The van der Waals surface area contributed by atoms with E-state index in [1.165, 1.54) is 18.0 Å². The lowest BCUT2D eigenvalue weighted by molar-refractivity contribution is 0.0987. The number of carbonyl (C=O) groups is 1. The molecule has 0 aliphatic rings. The fourth-order valence-electron chi connectivity index (χ4n) is 1.68. The lowest BCUT2D eigenvalue weighted by atomic mass is 10.2. The second kappa shape index (κ2) is 5.58. The van der Waals surface area contributed by atoms with Crippen LogP contribution in [0, 0.1) is 5.82 Å². The Hall–Kier alpha value is -2.27. The number of halogens is 1. The van der Waals surface area contributed by atoms with E-state index in [-0.39, 0.29) is 17.3 Å². The molecule has 98 valence electrons. The molecular weight excluding hydrogens is 245 g/mol. The van der Waals surface area contributed by atoms with Crippen molar-refractivity contribution in [3.05, 3.63) is 59.7 Å². The summed E-state index contributed by atoms with van der Waals surface area (Å²) in [4.78, 5) is 17.4. The van der Waals surface area contributed by atoms with Gasteiger partial charge in [0.05, 0.1) is 5.69 Å². The van der Waals surface area contributed by atoms with Crippen molar-refractivity contribution in [1.82, 2.24) is 4.98 Å². The van der Waals surface area contributed by atoms with Gasteiger partial charge in [-0.15, -0.1) is 0 Å². The summed E-state index contributed by atoms with van der Waals surface area (Å²) < 4.78 is 13.6. The Morgan fingerprint density at radius 1 is 1.32 bits per heavy atom. The second-order valence-electron chi connectivity index (χ2n) is 4.07. The van der Waals surface area contributed by atoms with Crippen molar-refractivity contribution in [2.24, 2.45) is 5.73 Å². The van der Waals surface area contributed by atoms with Crippen LogP contribution in [-0.4, -0.2) is 17.9 Å². The maximum atomic E-state index is 13.6. The number of nitrogens with two attached hydrogens (primary N) is 1. The fourth-order valence-corrected chi connectivity index (χ4v) is 1.68. The number of amides is 1. The van der Waals surface area contributed by atoms with Crippen LogP contribution in [0.3, 0.4) is 0 Å². The van der Waals surface area contributed by atoms with Crippen LogP contribution >= 0.6 is 0 Å². The molecule has 1 aromatic heterocycles. The molecule has 1 amide bonds. The average Bonchev–Trinajstić information content (AvgIpc) is 2.46. The molecular formula is C14H14FN3O. The molecule has 2 rings (SSSR count). The standard InChI is InChI=1S/C14H14FN3O/c1-18(13-5-3-2-4-11(13)15)14(19)12-7-6-10(8-16)9-17-12/h2-7,9H,8,16H2,1H3. The normalized spacial score (nSPS) is 10.3. The Morgan fingerprint density at radius 3 is 2.63 bits per heavy atom. The minimum absolute atomic E-state index is 0.220. The Morgan fingerprint density at radius 2 is 2.05 bits per heavy atom. The van der Waals surface area contributed by atoms with Crippen LogP contribution in [0.5, 0.6) is 0 Å². The molecule has 1 aromatic carbocycles. The van der Waals surface area contributed by atoms with Crippen molar-refractivity contribution in [2.45, 2.75) is 6.54 Å². The third-order valence-corrected chi connectivity index (χ3v) is 2.80. The van der Waals surface area contributed by atoms with Gasteiger partial charge in [-0.25, -0.2) is 4.39 Å². The molecule has 0 aliphatic heterocycles. The van der Waals surface area contributed by atoms with Crippen molar-refractivity contribution in [1.29, 1.82) is 0 Å². The summed E-state index contributed by atoms with van der Waals surface area (Å²) in [6, 6.07) is 9.42. The maximum Gasteiger partial charge on any atom is 0.276 e. The van der Waals surface area contributed by atoms with Crippen LogP contribution in [0.1, 0.15) is 16.1 Å². The van der Waals surface area contributed by atoms with Gasteiger partial charge in [0, 0.05) is 19.8 Å². The van der Waals surface area contributed by atoms with Gasteiger partial charge in [0.1, 0.15) is 11.5 Å². The van der Waals surface area contributed by atoms with E-state index in [0.29, 0.717) is 6.54 Å². The largest absolute Gasteiger partial charge is 0.326 e. The Labute approximate surface area is 110 Å². The average molecular weight is 259 g/mol. The lowest BCUT2D eigenvalue weighted by Crippen LogP contribution is -2.27. The summed E-state index contributed by atoms with van der Waals surface area (Å²) in [6.07, 6.45) is 1.54. The van der Waals surface area contributed by atoms with E-state index in [0.717, 1.165) is 5.56 Å². The van der Waals surface area contributed by atoms with E-state index < -0.39 is 5.82 Å². The van der Waals surface area contributed by atoms with Gasteiger partial charge in [0.25, 0.3) is 5.91 Å². The van der Waals surface area contributed by atoms with E-state index in [2.05, 4.69) is 4.98 Å². The van der Waals surface area contributed by atoms with E-state index in [4.69, 9.17) is 5.73 Å². The van der Waals surface area contributed by atoms with Gasteiger partial charge in [-0.1, -0.05) is 18.2 Å². The van der Waals surface area contributed by atoms with Gasteiger partial charge in [-0.05, 0) is 23.8 Å². The predicted molar refractivity (Wildman–Crippen MR) is 71.3 cm³/mol. The Kier molecular flexibility index (Phi) is 3.87. The predicted octanol–water partition coefficient (Wildman–Crippen LogP) is 1.96. The number of carbonyl (C=O) groups excluding carboxylic acids is 1. The number of nitrogens with zero attached hydrogens (tertiary/aromatic N) is 2. The molecule has 0 spiro atoms. The van der Waals surface area contributed by atoms with Crippen molar-refractivity contribution < 1.29 is 9.18 Å². The van der Waals surface area contributed by atoms with Gasteiger partial charge in [-0.3, -0.25) is 9.78 Å². The first kappa shape index (κ1) is 13.2. The lowest BCUT2D eigenvalue weighted by Gasteiger charge is -2.17. The molecule has 4 nitrogen and oxygen atoms in total. The number of pyridine rings is 1. The molecule has 0 atom stereocenters. The number of anilines is 1. The Bertz CT molecular complexity index is 583. The second-order valence-corrected chi connectivity index (χ2v) is 4.07. The first-order valence-corrected chi connectivity index (χ1v) is 5.81. The SMILES string of the molecule is CN(C(=O)c1ccc(CN)cn1)c1ccccc1F. The molecule has 0 radical (unpaired) electrons. The highest BCUT2D eigenvalue weighted by atomic mass is 19.1. The fraction of sp³-hybridized carbons (Fsp3) is 0.143. The van der Waals surface area contributed by atoms with Crippen LogP contribution < -0.4 is 10.6 Å². The molecule has 0 aliphatic carbocycles. The third kappa shape index (κ3) is 2.77. The molecule has 2 aromatic rings. The first-order valence-electron chi connectivity index (χ1n) is 5.81. The van der Waals surface area contributed by atoms with E-state index in [1.807, 2.05) is 0 Å². The molecule has 0 bridgehead atoms. The van der Waals surface area contributed by atoms with Gasteiger partial charge in [-0.2, -0.15) is 0 Å². The van der Waals surface area contributed by atoms with Crippen LogP contribution in [0.2, 0.25) is 0 Å². The summed E-state index contributed by atoms with van der Waals surface area (Å²) >= 11 is 0. The third-order valence-electron chi connectivity index (χ3n) is 2.80. The van der Waals surface area contributed by atoms with Crippen molar-refractivity contribution in [2.75, 3.05) is 11.9 Å². The number of hydrogen-bond donors (Lipinski definition) is 1. The zero-order chi connectivity index (χ0) is 13.8. The molecule has 0 fully saturated rings. The minimum atomic E-state index is -0.447. The molecule has 0 saturated carbocycles. The van der Waals surface area contributed by atoms with Crippen LogP contribution in [-0.2, 0) is 6.54 Å². The van der Waals surface area contributed by atoms with Crippen molar-refractivity contribution in [3.8, 4) is 0 Å². The van der Waals surface area contributed by atoms with Gasteiger partial charge >= 0.3 is 0 Å². The quantitative estimate of drug-likeness (QED) is 0.916. The minimum Gasteiger partial charge on any atom is -0.326 e. The topological polar surface area (TPSA) is 59.2 Å². The molecule has 5 heteroatoms. The number of aromatic nitrogens is 1. The molecule has 0 unspecified atom stereocenters. The number of benzene rings is 1. The van der Waals surface area contributed by atoms with Gasteiger partial charge < -0.3 is 10.6 Å². The Balaban J connectivity index is 2.26. The molecule has 19 heavy (non-hydrogen) atoms.